The summed E-state index contributed by atoms with van der Waals surface area (Å²) >= 11 is 7.35. The molecule has 0 amide bonds. The number of hydrogen-bond acceptors (Lipinski definition) is 6. The number of hydrogen-bond donors (Lipinski definition) is 1. The fourth-order valence-electron chi connectivity index (χ4n) is 2.28. The third-order valence-electron chi connectivity index (χ3n) is 3.65. The van der Waals surface area contributed by atoms with Crippen LogP contribution in [0.3, 0.4) is 0 Å². The summed E-state index contributed by atoms with van der Waals surface area (Å²) in [5, 5.41) is 9.68. The van der Waals surface area contributed by atoms with Crippen molar-refractivity contribution >= 4 is 23.4 Å². The number of ether oxygens (including phenoxy) is 2. The van der Waals surface area contributed by atoms with Crippen LogP contribution in [0.1, 0.15) is 11.4 Å². The maximum atomic E-state index is 6.11. The summed E-state index contributed by atoms with van der Waals surface area (Å²) in [7, 11) is 1.64. The van der Waals surface area contributed by atoms with Crippen molar-refractivity contribution in [3.8, 4) is 11.5 Å². The summed E-state index contributed by atoms with van der Waals surface area (Å²) in [5.41, 5.74) is 1.09. The highest BCUT2D eigenvalue weighted by atomic mass is 35.5. The van der Waals surface area contributed by atoms with Gasteiger partial charge in [0.2, 0.25) is 5.16 Å². The van der Waals surface area contributed by atoms with Gasteiger partial charge >= 0.3 is 0 Å². The molecule has 0 aliphatic rings. The molecule has 8 heteroatoms. The minimum Gasteiger partial charge on any atom is -0.497 e. The maximum Gasteiger partial charge on any atom is 0.209 e. The van der Waals surface area contributed by atoms with Crippen molar-refractivity contribution in [1.29, 1.82) is 0 Å². The summed E-state index contributed by atoms with van der Waals surface area (Å²) in [6.45, 7) is 0.535. The van der Waals surface area contributed by atoms with Gasteiger partial charge in [-0.1, -0.05) is 35.5 Å². The highest BCUT2D eigenvalue weighted by Crippen LogP contribution is 2.19. The van der Waals surface area contributed by atoms with Crippen LogP contribution in [0, 0.1) is 0 Å². The summed E-state index contributed by atoms with van der Waals surface area (Å²) in [5.74, 6) is 9.12. The lowest BCUT2D eigenvalue weighted by molar-refractivity contribution is 0.344. The Bertz CT molecular complexity index is 837. The highest BCUT2D eigenvalue weighted by molar-refractivity contribution is 7.99. The molecule has 3 aromatic rings. The third-order valence-corrected chi connectivity index (χ3v) is 4.81. The monoisotopic (exact) mass is 390 g/mol. The van der Waals surface area contributed by atoms with E-state index >= 15 is 0 Å². The van der Waals surface area contributed by atoms with Crippen LogP contribution in [0.15, 0.2) is 53.7 Å². The van der Waals surface area contributed by atoms with Gasteiger partial charge < -0.3 is 15.3 Å². The molecule has 2 aromatic carbocycles. The van der Waals surface area contributed by atoms with Gasteiger partial charge in [-0.3, -0.25) is 0 Å². The van der Waals surface area contributed by atoms with Crippen LogP contribution in [0.5, 0.6) is 11.5 Å². The Kier molecular flexibility index (Phi) is 6.25. The van der Waals surface area contributed by atoms with Crippen molar-refractivity contribution in [3.63, 3.8) is 0 Å². The molecule has 0 saturated heterocycles. The van der Waals surface area contributed by atoms with E-state index in [0.717, 1.165) is 17.1 Å². The number of rotatable bonds is 8. The second-order valence-electron chi connectivity index (χ2n) is 5.44. The van der Waals surface area contributed by atoms with Crippen molar-refractivity contribution in [3.05, 3.63) is 64.9 Å². The van der Waals surface area contributed by atoms with Crippen LogP contribution < -0.4 is 15.3 Å². The van der Waals surface area contributed by atoms with Crippen LogP contribution in [0.25, 0.3) is 0 Å². The molecule has 0 spiro atoms. The second kappa shape index (κ2) is 8.82. The normalized spacial score (nSPS) is 10.7. The molecule has 3 rings (SSSR count). The van der Waals surface area contributed by atoms with Crippen molar-refractivity contribution in [2.75, 3.05) is 25.3 Å². The Hall–Kier alpha value is -2.38. The van der Waals surface area contributed by atoms with Gasteiger partial charge in [-0.15, -0.1) is 10.2 Å². The zero-order valence-electron chi connectivity index (χ0n) is 14.3. The first-order chi connectivity index (χ1) is 12.7. The van der Waals surface area contributed by atoms with E-state index < -0.39 is 0 Å². The topological polar surface area (TPSA) is 75.2 Å². The number of halogens is 1. The number of nitrogens with zero attached hydrogens (tertiary/aromatic N) is 3. The van der Waals surface area contributed by atoms with Crippen LogP contribution in [-0.4, -0.2) is 34.3 Å². The molecule has 1 heterocycles. The van der Waals surface area contributed by atoms with Gasteiger partial charge in [-0.25, -0.2) is 4.68 Å². The predicted molar refractivity (Wildman–Crippen MR) is 104 cm³/mol. The number of nitrogen functional groups attached to an aromatic ring is 1. The largest absolute Gasteiger partial charge is 0.497 e. The maximum absolute atomic E-state index is 6.11. The van der Waals surface area contributed by atoms with Gasteiger partial charge in [0, 0.05) is 17.2 Å². The molecule has 0 unspecified atom stereocenters. The van der Waals surface area contributed by atoms with Crippen LogP contribution in [0.4, 0.5) is 0 Å². The Morgan fingerprint density at radius 2 is 1.73 bits per heavy atom. The Labute approximate surface area is 161 Å². The molecule has 6 nitrogen and oxygen atoms in total. The van der Waals surface area contributed by atoms with Gasteiger partial charge in [0.05, 0.1) is 13.7 Å². The predicted octanol–water partition coefficient (Wildman–Crippen LogP) is 3.42. The van der Waals surface area contributed by atoms with Gasteiger partial charge in [0.25, 0.3) is 0 Å². The lowest BCUT2D eigenvalue weighted by Crippen LogP contribution is -2.15. The Balaban J connectivity index is 1.50. The van der Waals surface area contributed by atoms with E-state index in [4.69, 9.17) is 26.9 Å². The smallest absolute Gasteiger partial charge is 0.209 e. The molecule has 0 aliphatic heterocycles. The second-order valence-corrected chi connectivity index (χ2v) is 6.94. The molecule has 2 N–H and O–H groups in total. The van der Waals surface area contributed by atoms with Gasteiger partial charge in [0.1, 0.15) is 11.5 Å². The minimum absolute atomic E-state index is 0.535. The average Bonchev–Trinajstić information content (AvgIpc) is 3.01. The minimum atomic E-state index is 0.535. The molecule has 26 heavy (non-hydrogen) atoms. The van der Waals surface area contributed by atoms with E-state index in [1.165, 1.54) is 16.4 Å². The van der Waals surface area contributed by atoms with Gasteiger partial charge in [-0.2, -0.15) is 0 Å². The summed E-state index contributed by atoms with van der Waals surface area (Å²) in [6, 6.07) is 15.1. The molecule has 0 radical (unpaired) electrons. The third kappa shape index (κ3) is 4.83. The first-order valence-corrected chi connectivity index (χ1v) is 9.35. The van der Waals surface area contributed by atoms with Crippen LogP contribution in [-0.2, 0) is 6.42 Å². The molecule has 1 aromatic heterocycles. The van der Waals surface area contributed by atoms with Crippen molar-refractivity contribution < 1.29 is 9.47 Å². The summed E-state index contributed by atoms with van der Waals surface area (Å²) in [6.07, 6.45) is 0.606. The van der Waals surface area contributed by atoms with E-state index in [2.05, 4.69) is 10.2 Å². The molecule has 136 valence electrons. The molecule has 0 saturated carbocycles. The van der Waals surface area contributed by atoms with E-state index in [9.17, 15) is 0 Å². The fraction of sp³-hybridized carbons (Fsp3) is 0.222. The molecule has 0 bridgehead atoms. The number of aromatic nitrogens is 3. The zero-order chi connectivity index (χ0) is 18.4. The molecule has 0 atom stereocenters. The Morgan fingerprint density at radius 1 is 1.04 bits per heavy atom. The first kappa shape index (κ1) is 18.4. The highest BCUT2D eigenvalue weighted by Gasteiger charge is 2.11. The fourth-order valence-corrected chi connectivity index (χ4v) is 3.09. The molecule has 0 fully saturated rings. The molecule has 0 aliphatic carbocycles. The lowest BCUT2D eigenvalue weighted by Gasteiger charge is -2.06. The van der Waals surface area contributed by atoms with Crippen LogP contribution in [0.2, 0.25) is 5.02 Å². The molecular formula is C18H19ClN4O2S. The number of nitrogens with two attached hydrogens (primary N) is 1. The van der Waals surface area contributed by atoms with Gasteiger partial charge in [-0.05, 0) is 42.0 Å². The van der Waals surface area contributed by atoms with E-state index in [0.29, 0.717) is 34.8 Å². The first-order valence-electron chi connectivity index (χ1n) is 7.99. The number of methoxy groups -OCH3 is 1. The van der Waals surface area contributed by atoms with Gasteiger partial charge in [0.15, 0.2) is 5.82 Å². The van der Waals surface area contributed by atoms with Crippen molar-refractivity contribution in [1.82, 2.24) is 14.9 Å². The van der Waals surface area contributed by atoms with E-state index in [1.54, 1.807) is 19.2 Å². The number of thioether (sulfide) groups is 1. The Morgan fingerprint density at radius 3 is 2.42 bits per heavy atom. The SMILES string of the molecule is COc1ccc(Cc2nnc(SCCOc3ccc(Cl)cc3)n2N)cc1. The summed E-state index contributed by atoms with van der Waals surface area (Å²) in [4.78, 5) is 0. The standard InChI is InChI=1S/C18H19ClN4O2S/c1-24-15-6-2-13(3-7-15)12-17-21-22-18(23(17)20)26-11-10-25-16-8-4-14(19)5-9-16/h2-9H,10-12,20H2,1H3. The zero-order valence-corrected chi connectivity index (χ0v) is 15.8. The quantitative estimate of drug-likeness (QED) is 0.361. The summed E-state index contributed by atoms with van der Waals surface area (Å²) < 4.78 is 12.3. The van der Waals surface area contributed by atoms with Crippen LogP contribution >= 0.6 is 23.4 Å². The lowest BCUT2D eigenvalue weighted by atomic mass is 10.1. The molecular weight excluding hydrogens is 372 g/mol. The number of benzene rings is 2. The van der Waals surface area contributed by atoms with E-state index in [1.807, 2.05) is 36.4 Å². The van der Waals surface area contributed by atoms with E-state index in [-0.39, 0.29) is 0 Å². The van der Waals surface area contributed by atoms with Crippen molar-refractivity contribution in [2.24, 2.45) is 0 Å². The average molecular weight is 391 g/mol. The van der Waals surface area contributed by atoms with Crippen molar-refractivity contribution in [2.45, 2.75) is 11.6 Å².